The van der Waals surface area contributed by atoms with Gasteiger partial charge in [0.15, 0.2) is 11.3 Å². The van der Waals surface area contributed by atoms with E-state index in [1.807, 2.05) is 6.92 Å². The van der Waals surface area contributed by atoms with Crippen molar-refractivity contribution in [3.63, 3.8) is 0 Å². The molecule has 0 aliphatic carbocycles. The Morgan fingerprint density at radius 2 is 1.44 bits per heavy atom. The van der Waals surface area contributed by atoms with Crippen LogP contribution in [0.4, 0.5) is 0 Å². The van der Waals surface area contributed by atoms with Gasteiger partial charge >= 0.3 is 5.20 Å². The Kier molecular flexibility index (Phi) is 7.19. The zero-order valence-corrected chi connectivity index (χ0v) is 17.6. The molecule has 27 heavy (non-hydrogen) atoms. The van der Waals surface area contributed by atoms with E-state index in [4.69, 9.17) is 11.6 Å². The molecule has 0 spiro atoms. The van der Waals surface area contributed by atoms with Crippen molar-refractivity contribution in [3.8, 4) is 0 Å². The first kappa shape index (κ1) is 21.6. The van der Waals surface area contributed by atoms with Crippen LogP contribution in [-0.4, -0.2) is 40.3 Å². The number of fused-ring (bicyclic) bond motifs is 2. The molecule has 0 saturated carbocycles. The third-order valence-corrected chi connectivity index (χ3v) is 3.31. The van der Waals surface area contributed by atoms with Gasteiger partial charge in [-0.2, -0.15) is 10.2 Å². The van der Waals surface area contributed by atoms with E-state index < -0.39 is 5.20 Å². The molecular weight excluding hydrogens is 461 g/mol. The SMILES string of the molecule is Cc1[nH]nc2nc[nH]c(=O)c12.Cc1[nH]nc2ncnc(Cl)c12.O=P(Cl)(Cl)Cl. The molecule has 15 heteroatoms. The molecular formula is C12H11Cl4N8O2P. The van der Waals surface area contributed by atoms with Crippen LogP contribution in [0.2, 0.25) is 5.15 Å². The van der Waals surface area contributed by atoms with Gasteiger partial charge in [-0.3, -0.25) is 19.6 Å². The fourth-order valence-corrected chi connectivity index (χ4v) is 2.23. The molecule has 0 aliphatic rings. The topological polar surface area (TPSA) is 146 Å². The van der Waals surface area contributed by atoms with E-state index in [2.05, 4.69) is 74.1 Å². The maximum Gasteiger partial charge on any atom is 0.339 e. The van der Waals surface area contributed by atoms with Crippen LogP contribution in [0.5, 0.6) is 0 Å². The van der Waals surface area contributed by atoms with Crippen molar-refractivity contribution in [2.45, 2.75) is 13.8 Å². The van der Waals surface area contributed by atoms with Crippen molar-refractivity contribution in [2.24, 2.45) is 0 Å². The van der Waals surface area contributed by atoms with Crippen LogP contribution in [0.1, 0.15) is 11.4 Å². The summed E-state index contributed by atoms with van der Waals surface area (Å²) in [6, 6.07) is 0. The Labute approximate surface area is 170 Å². The zero-order chi connectivity index (χ0) is 20.2. The smallest absolute Gasteiger partial charge is 0.312 e. The molecule has 4 rings (SSSR count). The third-order valence-electron chi connectivity index (χ3n) is 3.02. The molecule has 0 unspecified atom stereocenters. The van der Waals surface area contributed by atoms with Crippen molar-refractivity contribution in [1.82, 2.24) is 40.3 Å². The molecule has 0 bridgehead atoms. The Balaban J connectivity index is 0.000000157. The van der Waals surface area contributed by atoms with Crippen LogP contribution >= 0.6 is 50.5 Å². The summed E-state index contributed by atoms with van der Waals surface area (Å²) < 4.78 is 9.51. The van der Waals surface area contributed by atoms with Crippen LogP contribution in [0.25, 0.3) is 22.1 Å². The number of aryl methyl sites for hydroxylation is 2. The molecule has 0 amide bonds. The maximum atomic E-state index is 11.1. The Morgan fingerprint density at radius 3 is 1.96 bits per heavy atom. The van der Waals surface area contributed by atoms with E-state index in [1.165, 1.54) is 12.7 Å². The lowest BCUT2D eigenvalue weighted by Gasteiger charge is -1.89. The molecule has 3 N–H and O–H groups in total. The third kappa shape index (κ3) is 6.15. The standard InChI is InChI=1S/C6H5ClN4.C6H6N4O.Cl3OP/c1-3-4-5(7)8-2-9-6(4)11-10-3;1-3-4-5(10-9-3)7-2-8-6(4)11;1-5(2,3)4/h2H,1H3,(H,8,9,10,11);2H,1H3,(H2,7,8,9,10,11);. The monoisotopic (exact) mass is 470 g/mol. The Bertz CT molecular complexity index is 1160. The number of hydrogen-bond donors (Lipinski definition) is 3. The highest BCUT2D eigenvalue weighted by Crippen LogP contribution is 2.61. The fraction of sp³-hybridized carbons (Fsp3) is 0.167. The first-order valence-corrected chi connectivity index (χ1v) is 11.8. The summed E-state index contributed by atoms with van der Waals surface area (Å²) in [5, 5.41) is 11.8. The van der Waals surface area contributed by atoms with Crippen molar-refractivity contribution in [2.75, 3.05) is 0 Å². The summed E-state index contributed by atoms with van der Waals surface area (Å²) in [6.45, 7) is 3.66. The lowest BCUT2D eigenvalue weighted by molar-refractivity contribution is 0.600. The van der Waals surface area contributed by atoms with Crippen LogP contribution < -0.4 is 5.56 Å². The maximum absolute atomic E-state index is 11.1. The Hall–Kier alpha value is -1.71. The van der Waals surface area contributed by atoms with Crippen LogP contribution in [-0.2, 0) is 4.57 Å². The van der Waals surface area contributed by atoms with Crippen LogP contribution in [0, 0.1) is 13.8 Å². The van der Waals surface area contributed by atoms with Gasteiger partial charge in [0.1, 0.15) is 16.9 Å². The lowest BCUT2D eigenvalue weighted by Crippen LogP contribution is -2.05. The first-order chi connectivity index (χ1) is 12.6. The molecule has 0 aromatic carbocycles. The van der Waals surface area contributed by atoms with Gasteiger partial charge < -0.3 is 4.98 Å². The number of nitrogens with zero attached hydrogens (tertiary/aromatic N) is 5. The highest BCUT2D eigenvalue weighted by molar-refractivity contribution is 8.24. The average Bonchev–Trinajstić information content (AvgIpc) is 3.12. The molecule has 0 aliphatic heterocycles. The first-order valence-electron chi connectivity index (χ1n) is 6.96. The van der Waals surface area contributed by atoms with Crippen molar-refractivity contribution in [3.05, 3.63) is 39.5 Å². The molecule has 4 heterocycles. The molecule has 4 aromatic rings. The van der Waals surface area contributed by atoms with Gasteiger partial charge in [-0.25, -0.2) is 15.0 Å². The largest absolute Gasteiger partial charge is 0.339 e. The second kappa shape index (κ2) is 8.99. The van der Waals surface area contributed by atoms with Crippen LogP contribution in [0.15, 0.2) is 17.4 Å². The fourth-order valence-electron chi connectivity index (χ4n) is 1.96. The van der Waals surface area contributed by atoms with Crippen LogP contribution in [0.3, 0.4) is 0 Å². The van der Waals surface area contributed by atoms with Gasteiger partial charge in [-0.05, 0) is 47.6 Å². The molecule has 0 radical (unpaired) electrons. The predicted molar refractivity (Wildman–Crippen MR) is 106 cm³/mol. The molecule has 4 aromatic heterocycles. The van der Waals surface area contributed by atoms with Gasteiger partial charge in [0.05, 0.1) is 11.7 Å². The highest BCUT2D eigenvalue weighted by Gasteiger charge is 2.06. The number of aromatic nitrogens is 8. The summed E-state index contributed by atoms with van der Waals surface area (Å²) in [4.78, 5) is 25.2. The minimum absolute atomic E-state index is 0.152. The zero-order valence-electron chi connectivity index (χ0n) is 13.7. The minimum atomic E-state index is -3.22. The molecule has 0 saturated heterocycles. The van der Waals surface area contributed by atoms with E-state index in [0.29, 0.717) is 21.8 Å². The summed E-state index contributed by atoms with van der Waals surface area (Å²) in [6.07, 6.45) is 2.73. The lowest BCUT2D eigenvalue weighted by atomic mass is 10.3. The number of hydrogen-bond acceptors (Lipinski definition) is 7. The number of halogens is 4. The van der Waals surface area contributed by atoms with E-state index in [0.717, 1.165) is 16.8 Å². The van der Waals surface area contributed by atoms with Gasteiger partial charge in [0, 0.05) is 11.4 Å². The number of aromatic amines is 3. The summed E-state index contributed by atoms with van der Waals surface area (Å²) in [7, 11) is 0. The molecule has 144 valence electrons. The Morgan fingerprint density at radius 1 is 0.926 bits per heavy atom. The second-order valence-electron chi connectivity index (χ2n) is 4.89. The number of rotatable bonds is 0. The van der Waals surface area contributed by atoms with E-state index in [9.17, 15) is 9.36 Å². The summed E-state index contributed by atoms with van der Waals surface area (Å²) in [5.41, 5.74) is 2.56. The normalized spacial score (nSPS) is 10.9. The van der Waals surface area contributed by atoms with Gasteiger partial charge in [-0.15, -0.1) is 0 Å². The molecule has 10 nitrogen and oxygen atoms in total. The average molecular weight is 472 g/mol. The van der Waals surface area contributed by atoms with Crippen molar-refractivity contribution >= 4 is 72.6 Å². The second-order valence-corrected chi connectivity index (χ2v) is 11.9. The van der Waals surface area contributed by atoms with Crippen molar-refractivity contribution in [1.29, 1.82) is 0 Å². The van der Waals surface area contributed by atoms with Gasteiger partial charge in [0.2, 0.25) is 0 Å². The van der Waals surface area contributed by atoms with E-state index in [-0.39, 0.29) is 5.56 Å². The van der Waals surface area contributed by atoms with Gasteiger partial charge in [-0.1, -0.05) is 11.6 Å². The van der Waals surface area contributed by atoms with Crippen molar-refractivity contribution < 1.29 is 4.57 Å². The quantitative estimate of drug-likeness (QED) is 0.258. The molecule has 0 atom stereocenters. The van der Waals surface area contributed by atoms with Gasteiger partial charge in [0.25, 0.3) is 5.56 Å². The summed E-state index contributed by atoms with van der Waals surface area (Å²) >= 11 is 19.6. The molecule has 0 fully saturated rings. The minimum Gasteiger partial charge on any atom is -0.312 e. The predicted octanol–water partition coefficient (Wildman–Crippen LogP) is 4.08. The summed E-state index contributed by atoms with van der Waals surface area (Å²) in [5.74, 6) is 0. The number of H-pyrrole nitrogens is 3. The van der Waals surface area contributed by atoms with E-state index >= 15 is 0 Å². The highest BCUT2D eigenvalue weighted by atomic mass is 36.0. The van der Waals surface area contributed by atoms with E-state index in [1.54, 1.807) is 6.92 Å². The number of nitrogens with one attached hydrogen (secondary N) is 3.